The van der Waals surface area contributed by atoms with Crippen LogP contribution in [0.1, 0.15) is 23.1 Å². The maximum Gasteiger partial charge on any atom is 0.300 e. The Kier molecular flexibility index (Phi) is 3.42. The number of rotatable bonds is 2. The highest BCUT2D eigenvalue weighted by Gasteiger charge is 2.17. The second-order valence-corrected chi connectivity index (χ2v) is 6.53. The van der Waals surface area contributed by atoms with E-state index in [9.17, 15) is 4.79 Å². The third-order valence-electron chi connectivity index (χ3n) is 4.00. The van der Waals surface area contributed by atoms with Crippen LogP contribution in [0.3, 0.4) is 0 Å². The molecule has 0 spiro atoms. The normalized spacial score (nSPS) is 13.9. The number of hydrogen-bond acceptors (Lipinski definition) is 5. The lowest BCUT2D eigenvalue weighted by Gasteiger charge is -1.98. The van der Waals surface area contributed by atoms with Gasteiger partial charge in [0.1, 0.15) is 0 Å². The van der Waals surface area contributed by atoms with Gasteiger partial charge in [-0.25, -0.2) is 0 Å². The van der Waals surface area contributed by atoms with Crippen LogP contribution in [0.5, 0.6) is 11.5 Å². The molecule has 124 valence electrons. The Labute approximate surface area is 141 Å². The number of thiazole rings is 1. The van der Waals surface area contributed by atoms with Crippen LogP contribution in [0, 0.1) is 6.92 Å². The van der Waals surface area contributed by atoms with Crippen LogP contribution < -0.4 is 14.3 Å². The average Bonchev–Trinajstić information content (AvgIpc) is 3.24. The molecule has 1 amide bonds. The van der Waals surface area contributed by atoms with Crippen LogP contribution in [-0.4, -0.2) is 27.0 Å². The van der Waals surface area contributed by atoms with Gasteiger partial charge in [0, 0.05) is 31.4 Å². The van der Waals surface area contributed by atoms with Gasteiger partial charge in [0.15, 0.2) is 22.0 Å². The Balaban J connectivity index is 1.79. The van der Waals surface area contributed by atoms with Crippen molar-refractivity contribution in [2.24, 2.45) is 12.0 Å². The lowest BCUT2D eigenvalue weighted by Crippen LogP contribution is -2.13. The Bertz CT molecular complexity index is 1030. The van der Waals surface area contributed by atoms with E-state index in [-0.39, 0.29) is 12.7 Å². The van der Waals surface area contributed by atoms with Gasteiger partial charge in [0.25, 0.3) is 5.91 Å². The third-order valence-corrected chi connectivity index (χ3v) is 5.10. The largest absolute Gasteiger partial charge is 0.454 e. The van der Waals surface area contributed by atoms with Gasteiger partial charge < -0.3 is 14.0 Å². The van der Waals surface area contributed by atoms with Gasteiger partial charge >= 0.3 is 0 Å². The summed E-state index contributed by atoms with van der Waals surface area (Å²) in [6, 6.07) is 5.59. The minimum atomic E-state index is -0.340. The van der Waals surface area contributed by atoms with Crippen molar-refractivity contribution >= 4 is 27.5 Å². The van der Waals surface area contributed by atoms with E-state index < -0.39 is 0 Å². The summed E-state index contributed by atoms with van der Waals surface area (Å²) >= 11 is 1.43. The van der Waals surface area contributed by atoms with Crippen molar-refractivity contribution in [1.29, 1.82) is 0 Å². The number of hydrogen-bond donors (Lipinski definition) is 0. The van der Waals surface area contributed by atoms with Crippen molar-refractivity contribution < 1.29 is 14.3 Å². The zero-order valence-corrected chi connectivity index (χ0v) is 14.4. The molecule has 4 rings (SSSR count). The summed E-state index contributed by atoms with van der Waals surface area (Å²) in [4.78, 5) is 17.3. The first kappa shape index (κ1) is 14.9. The van der Waals surface area contributed by atoms with Crippen molar-refractivity contribution in [1.82, 2.24) is 14.3 Å². The Morgan fingerprint density at radius 1 is 1.33 bits per heavy atom. The molecule has 0 bridgehead atoms. The Hall–Kier alpha value is -2.61. The van der Waals surface area contributed by atoms with Crippen molar-refractivity contribution in [3.8, 4) is 11.5 Å². The second-order valence-electron chi connectivity index (χ2n) is 5.52. The van der Waals surface area contributed by atoms with Gasteiger partial charge in [-0.1, -0.05) is 11.3 Å². The Morgan fingerprint density at radius 2 is 2.08 bits per heavy atom. The zero-order chi connectivity index (χ0) is 16.8. The van der Waals surface area contributed by atoms with E-state index in [0.29, 0.717) is 16.2 Å². The fourth-order valence-electron chi connectivity index (χ4n) is 2.70. The molecule has 24 heavy (non-hydrogen) atoms. The fraction of sp³-hybridized carbons (Fsp3) is 0.312. The van der Waals surface area contributed by atoms with E-state index >= 15 is 0 Å². The molecular weight excluding hydrogens is 328 g/mol. The topological polar surface area (TPSA) is 70.6 Å². The molecule has 0 unspecified atom stereocenters. The van der Waals surface area contributed by atoms with E-state index in [1.54, 1.807) is 10.7 Å². The fourth-order valence-corrected chi connectivity index (χ4v) is 3.73. The molecule has 0 N–H and O–H groups in total. The molecule has 2 aromatic heterocycles. The Morgan fingerprint density at radius 3 is 2.79 bits per heavy atom. The van der Waals surface area contributed by atoms with Crippen LogP contribution in [0.2, 0.25) is 0 Å². The second kappa shape index (κ2) is 5.48. The molecule has 0 atom stereocenters. The summed E-state index contributed by atoms with van der Waals surface area (Å²) in [6.07, 6.45) is 0. The summed E-state index contributed by atoms with van der Waals surface area (Å²) in [5.74, 6) is 1.10. The molecule has 8 heteroatoms. The number of amides is 1. The molecule has 1 aromatic carbocycles. The molecular formula is C16H16N4O3S. The maximum absolute atomic E-state index is 12.4. The number of nitrogens with zero attached hydrogens (tertiary/aromatic N) is 4. The van der Waals surface area contributed by atoms with Crippen molar-refractivity contribution in [2.75, 3.05) is 6.79 Å². The number of carbonyl (C=O) groups is 1. The van der Waals surface area contributed by atoms with Gasteiger partial charge in [0.2, 0.25) is 6.79 Å². The molecule has 0 saturated carbocycles. The van der Waals surface area contributed by atoms with Crippen LogP contribution in [0.4, 0.5) is 0 Å². The molecule has 1 aliphatic rings. The first-order valence-corrected chi connectivity index (χ1v) is 8.41. The van der Waals surface area contributed by atoms with E-state index in [1.165, 1.54) is 11.3 Å². The SMILES string of the molecule is CCn1nc(C(=O)N=c2sc3cc4c(cc3n2C)OCO4)cc1C. The summed E-state index contributed by atoms with van der Waals surface area (Å²) in [5.41, 5.74) is 2.26. The van der Waals surface area contributed by atoms with Gasteiger partial charge in [-0.15, -0.1) is 0 Å². The zero-order valence-electron chi connectivity index (χ0n) is 13.6. The number of carbonyl (C=O) groups excluding carboxylic acids is 1. The van der Waals surface area contributed by atoms with E-state index in [1.807, 2.05) is 37.6 Å². The third kappa shape index (κ3) is 2.30. The van der Waals surface area contributed by atoms with Crippen molar-refractivity contribution in [3.05, 3.63) is 34.4 Å². The summed E-state index contributed by atoms with van der Waals surface area (Å²) in [6.45, 7) is 4.88. The highest BCUT2D eigenvalue weighted by Crippen LogP contribution is 2.36. The van der Waals surface area contributed by atoms with Crippen molar-refractivity contribution in [3.63, 3.8) is 0 Å². The molecule has 0 aliphatic carbocycles. The molecule has 0 saturated heterocycles. The first-order valence-electron chi connectivity index (χ1n) is 7.59. The number of aromatic nitrogens is 3. The van der Waals surface area contributed by atoms with E-state index in [0.717, 1.165) is 28.2 Å². The minimum absolute atomic E-state index is 0.242. The van der Waals surface area contributed by atoms with Gasteiger partial charge in [-0.05, 0) is 19.9 Å². The predicted molar refractivity (Wildman–Crippen MR) is 89.5 cm³/mol. The monoisotopic (exact) mass is 344 g/mol. The highest BCUT2D eigenvalue weighted by atomic mass is 32.1. The van der Waals surface area contributed by atoms with Gasteiger partial charge in [0.05, 0.1) is 10.2 Å². The smallest absolute Gasteiger partial charge is 0.300 e. The molecule has 3 heterocycles. The lowest BCUT2D eigenvalue weighted by molar-refractivity contribution is 0.0992. The minimum Gasteiger partial charge on any atom is -0.454 e. The summed E-state index contributed by atoms with van der Waals surface area (Å²) in [7, 11) is 1.88. The standard InChI is InChI=1S/C16H16N4O3S/c1-4-20-9(2)5-10(18-20)15(21)17-16-19(3)11-6-12-13(23-8-22-12)7-14(11)24-16/h5-7H,4,8H2,1-3H3. The van der Waals surface area contributed by atoms with Gasteiger partial charge in [-0.3, -0.25) is 9.48 Å². The van der Waals surface area contributed by atoms with Crippen LogP contribution in [0.25, 0.3) is 10.2 Å². The van der Waals surface area contributed by atoms with Crippen LogP contribution in [0.15, 0.2) is 23.2 Å². The lowest BCUT2D eigenvalue weighted by atomic mass is 10.3. The number of benzene rings is 1. The summed E-state index contributed by atoms with van der Waals surface area (Å²) < 4.78 is 15.5. The quantitative estimate of drug-likeness (QED) is 0.715. The molecule has 7 nitrogen and oxygen atoms in total. The summed E-state index contributed by atoms with van der Waals surface area (Å²) in [5, 5.41) is 4.29. The molecule has 1 aliphatic heterocycles. The van der Waals surface area contributed by atoms with E-state index in [2.05, 4.69) is 10.1 Å². The van der Waals surface area contributed by atoms with Crippen LogP contribution in [-0.2, 0) is 13.6 Å². The number of ether oxygens (including phenoxy) is 2. The molecule has 0 radical (unpaired) electrons. The molecule has 0 fully saturated rings. The van der Waals surface area contributed by atoms with Crippen LogP contribution >= 0.6 is 11.3 Å². The average molecular weight is 344 g/mol. The van der Waals surface area contributed by atoms with E-state index in [4.69, 9.17) is 9.47 Å². The van der Waals surface area contributed by atoms with Crippen molar-refractivity contribution in [2.45, 2.75) is 20.4 Å². The number of aryl methyl sites for hydroxylation is 3. The maximum atomic E-state index is 12.4. The predicted octanol–water partition coefficient (Wildman–Crippen LogP) is 2.23. The first-order chi connectivity index (χ1) is 11.6. The van der Waals surface area contributed by atoms with Gasteiger partial charge in [-0.2, -0.15) is 10.1 Å². The highest BCUT2D eigenvalue weighted by molar-refractivity contribution is 7.16. The molecule has 3 aromatic rings. The number of fused-ring (bicyclic) bond motifs is 2.